The van der Waals surface area contributed by atoms with Crippen molar-refractivity contribution in [1.29, 1.82) is 0 Å². The molecule has 0 radical (unpaired) electrons. The molecule has 4 aromatic rings. The second kappa shape index (κ2) is 7.76. The van der Waals surface area contributed by atoms with E-state index in [1.807, 2.05) is 48.5 Å². The van der Waals surface area contributed by atoms with Gasteiger partial charge in [0.25, 0.3) is 5.91 Å². The van der Waals surface area contributed by atoms with Gasteiger partial charge in [0, 0.05) is 16.6 Å². The molecule has 3 aromatic carbocycles. The average Bonchev–Trinajstić information content (AvgIpc) is 3.04. The lowest BCUT2D eigenvalue weighted by atomic mass is 10.2. The highest BCUT2D eigenvalue weighted by Crippen LogP contribution is 2.20. The number of halogens is 1. The highest BCUT2D eigenvalue weighted by molar-refractivity contribution is 9.10. The summed E-state index contributed by atoms with van der Waals surface area (Å²) in [5.41, 5.74) is 3.80. The Morgan fingerprint density at radius 3 is 2.56 bits per heavy atom. The molecule has 0 saturated carbocycles. The maximum absolute atomic E-state index is 12.4. The number of imidazole rings is 1. The molecular weight excluding hydrogens is 402 g/mol. The van der Waals surface area contributed by atoms with Gasteiger partial charge in [-0.05, 0) is 42.0 Å². The Bertz CT molecular complexity index is 1090. The Morgan fingerprint density at radius 1 is 0.963 bits per heavy atom. The molecule has 1 N–H and O–H groups in total. The summed E-state index contributed by atoms with van der Waals surface area (Å²) in [6.07, 6.45) is 0. The fourth-order valence-corrected chi connectivity index (χ4v) is 3.55. The van der Waals surface area contributed by atoms with Crippen LogP contribution >= 0.6 is 15.9 Å². The van der Waals surface area contributed by atoms with Crippen LogP contribution in [0.15, 0.2) is 83.3 Å². The van der Waals surface area contributed by atoms with E-state index >= 15 is 0 Å². The minimum Gasteiger partial charge on any atom is -0.345 e. The molecule has 1 aromatic heterocycles. The van der Waals surface area contributed by atoms with E-state index in [4.69, 9.17) is 4.98 Å². The minimum absolute atomic E-state index is 0.100. The molecule has 0 aliphatic rings. The third-order valence-corrected chi connectivity index (χ3v) is 4.90. The van der Waals surface area contributed by atoms with Gasteiger partial charge in [0.05, 0.1) is 17.6 Å². The predicted molar refractivity (Wildman–Crippen MR) is 111 cm³/mol. The molecule has 134 valence electrons. The van der Waals surface area contributed by atoms with E-state index in [1.165, 1.54) is 5.56 Å². The lowest BCUT2D eigenvalue weighted by Gasteiger charge is -2.11. The number of hydrogen-bond donors (Lipinski definition) is 1. The molecule has 0 bridgehead atoms. The van der Waals surface area contributed by atoms with Crippen molar-refractivity contribution >= 4 is 32.9 Å². The first-order chi connectivity index (χ1) is 13.2. The number of carbonyl (C=O) groups excluding carboxylic acids is 1. The van der Waals surface area contributed by atoms with Crippen LogP contribution in [0.5, 0.6) is 0 Å². The number of fused-ring (bicyclic) bond motifs is 1. The molecule has 0 aliphatic carbocycles. The van der Waals surface area contributed by atoms with E-state index in [1.54, 1.807) is 12.1 Å². The largest absolute Gasteiger partial charge is 0.345 e. The van der Waals surface area contributed by atoms with E-state index in [-0.39, 0.29) is 5.91 Å². The zero-order chi connectivity index (χ0) is 18.6. The van der Waals surface area contributed by atoms with Gasteiger partial charge >= 0.3 is 0 Å². The Kier molecular flexibility index (Phi) is 5.03. The molecule has 27 heavy (non-hydrogen) atoms. The number of para-hydroxylation sites is 2. The van der Waals surface area contributed by atoms with Crippen LogP contribution in [-0.4, -0.2) is 15.5 Å². The molecule has 0 saturated heterocycles. The summed E-state index contributed by atoms with van der Waals surface area (Å²) in [6.45, 7) is 1.06. The van der Waals surface area contributed by atoms with Crippen LogP contribution in [0.25, 0.3) is 11.0 Å². The maximum atomic E-state index is 12.4. The van der Waals surface area contributed by atoms with E-state index in [0.717, 1.165) is 21.3 Å². The van der Waals surface area contributed by atoms with Gasteiger partial charge < -0.3 is 9.88 Å². The number of nitrogens with one attached hydrogen (secondary N) is 1. The monoisotopic (exact) mass is 419 g/mol. The summed E-state index contributed by atoms with van der Waals surface area (Å²) in [4.78, 5) is 17.1. The van der Waals surface area contributed by atoms with E-state index in [2.05, 4.69) is 44.0 Å². The quantitative estimate of drug-likeness (QED) is 0.505. The van der Waals surface area contributed by atoms with Gasteiger partial charge in [-0.3, -0.25) is 4.79 Å². The van der Waals surface area contributed by atoms with Gasteiger partial charge in [0.1, 0.15) is 5.82 Å². The fraction of sp³-hybridized carbons (Fsp3) is 0.0909. The van der Waals surface area contributed by atoms with Crippen molar-refractivity contribution in [2.24, 2.45) is 0 Å². The number of nitrogens with zero attached hydrogens (tertiary/aromatic N) is 2. The van der Waals surface area contributed by atoms with Crippen molar-refractivity contribution in [3.8, 4) is 0 Å². The molecule has 0 atom stereocenters. The van der Waals surface area contributed by atoms with Crippen LogP contribution in [0, 0.1) is 0 Å². The van der Waals surface area contributed by atoms with E-state index < -0.39 is 0 Å². The first kappa shape index (κ1) is 17.5. The SMILES string of the molecule is O=C(NCc1nc2ccccc2n1Cc1cccc(Br)c1)c1ccccc1. The Labute approximate surface area is 166 Å². The van der Waals surface area contributed by atoms with Crippen molar-refractivity contribution in [3.63, 3.8) is 0 Å². The third kappa shape index (κ3) is 3.93. The normalized spacial score (nSPS) is 10.9. The topological polar surface area (TPSA) is 46.9 Å². The van der Waals surface area contributed by atoms with Crippen LogP contribution in [0.3, 0.4) is 0 Å². The first-order valence-corrected chi connectivity index (χ1v) is 9.52. The fourth-order valence-electron chi connectivity index (χ4n) is 3.11. The first-order valence-electron chi connectivity index (χ1n) is 8.72. The van der Waals surface area contributed by atoms with Crippen LogP contribution < -0.4 is 5.32 Å². The number of rotatable bonds is 5. The number of hydrogen-bond acceptors (Lipinski definition) is 2. The molecule has 0 aliphatic heterocycles. The molecule has 4 rings (SSSR count). The molecule has 4 nitrogen and oxygen atoms in total. The Morgan fingerprint density at radius 2 is 1.74 bits per heavy atom. The van der Waals surface area contributed by atoms with Crippen molar-refractivity contribution in [2.75, 3.05) is 0 Å². The van der Waals surface area contributed by atoms with Crippen LogP contribution in [-0.2, 0) is 13.1 Å². The number of carbonyl (C=O) groups is 1. The Hall–Kier alpha value is -2.92. The molecule has 0 unspecified atom stereocenters. The lowest BCUT2D eigenvalue weighted by molar-refractivity contribution is 0.0949. The second-order valence-electron chi connectivity index (χ2n) is 6.28. The summed E-state index contributed by atoms with van der Waals surface area (Å²) >= 11 is 3.53. The van der Waals surface area contributed by atoms with Gasteiger partial charge in [-0.1, -0.05) is 58.4 Å². The zero-order valence-electron chi connectivity index (χ0n) is 14.6. The predicted octanol–water partition coefficient (Wildman–Crippen LogP) is 4.78. The van der Waals surface area contributed by atoms with Crippen molar-refractivity contribution in [2.45, 2.75) is 13.1 Å². The van der Waals surface area contributed by atoms with E-state index in [0.29, 0.717) is 18.7 Å². The van der Waals surface area contributed by atoms with Gasteiger partial charge in [-0.25, -0.2) is 4.98 Å². The van der Waals surface area contributed by atoms with Crippen LogP contribution in [0.4, 0.5) is 0 Å². The standard InChI is InChI=1S/C22H18BrN3O/c23-18-10-6-7-16(13-18)15-26-20-12-5-4-11-19(20)25-21(26)14-24-22(27)17-8-2-1-3-9-17/h1-13H,14-15H2,(H,24,27). The van der Waals surface area contributed by atoms with Crippen molar-refractivity contribution < 1.29 is 4.79 Å². The van der Waals surface area contributed by atoms with Gasteiger partial charge in [0.2, 0.25) is 0 Å². The summed E-state index contributed by atoms with van der Waals surface area (Å²) in [5, 5.41) is 2.98. The number of benzene rings is 3. The van der Waals surface area contributed by atoms with Gasteiger partial charge in [-0.15, -0.1) is 0 Å². The summed E-state index contributed by atoms with van der Waals surface area (Å²) in [7, 11) is 0. The smallest absolute Gasteiger partial charge is 0.251 e. The highest BCUT2D eigenvalue weighted by atomic mass is 79.9. The average molecular weight is 420 g/mol. The van der Waals surface area contributed by atoms with Crippen LogP contribution in [0.2, 0.25) is 0 Å². The number of aromatic nitrogens is 2. The molecule has 5 heteroatoms. The Balaban J connectivity index is 1.63. The van der Waals surface area contributed by atoms with E-state index in [9.17, 15) is 4.79 Å². The van der Waals surface area contributed by atoms with Crippen molar-refractivity contribution in [3.05, 3.63) is 100 Å². The minimum atomic E-state index is -0.100. The molecular formula is C22H18BrN3O. The highest BCUT2D eigenvalue weighted by Gasteiger charge is 2.13. The van der Waals surface area contributed by atoms with Gasteiger partial charge in [0.15, 0.2) is 0 Å². The summed E-state index contributed by atoms with van der Waals surface area (Å²) in [6, 6.07) is 25.5. The molecule has 0 fully saturated rings. The van der Waals surface area contributed by atoms with Crippen LogP contribution in [0.1, 0.15) is 21.7 Å². The number of amides is 1. The zero-order valence-corrected chi connectivity index (χ0v) is 16.2. The summed E-state index contributed by atoms with van der Waals surface area (Å²) in [5.74, 6) is 0.733. The van der Waals surface area contributed by atoms with Gasteiger partial charge in [-0.2, -0.15) is 0 Å². The maximum Gasteiger partial charge on any atom is 0.251 e. The molecule has 1 heterocycles. The third-order valence-electron chi connectivity index (χ3n) is 4.41. The van der Waals surface area contributed by atoms with Crippen molar-refractivity contribution in [1.82, 2.24) is 14.9 Å². The lowest BCUT2D eigenvalue weighted by Crippen LogP contribution is -2.24. The summed E-state index contributed by atoms with van der Waals surface area (Å²) < 4.78 is 3.20. The molecule has 0 spiro atoms. The second-order valence-corrected chi connectivity index (χ2v) is 7.20. The molecule has 1 amide bonds.